The summed E-state index contributed by atoms with van der Waals surface area (Å²) in [5.41, 5.74) is 0.469. The lowest BCUT2D eigenvalue weighted by Crippen LogP contribution is -2.50. The van der Waals surface area contributed by atoms with Crippen LogP contribution in [0.1, 0.15) is 24.2 Å². The van der Waals surface area contributed by atoms with Gasteiger partial charge in [-0.2, -0.15) is 0 Å². The summed E-state index contributed by atoms with van der Waals surface area (Å²) in [5.74, 6) is 0.229. The van der Waals surface area contributed by atoms with Crippen LogP contribution >= 0.6 is 0 Å². The third-order valence-electron chi connectivity index (χ3n) is 3.90. The van der Waals surface area contributed by atoms with E-state index in [2.05, 4.69) is 16.6 Å². The number of morpholine rings is 1. The molecule has 128 valence electrons. The van der Waals surface area contributed by atoms with Gasteiger partial charge in [0, 0.05) is 19.1 Å². The van der Waals surface area contributed by atoms with E-state index in [-0.39, 0.29) is 18.7 Å². The second-order valence-electron chi connectivity index (χ2n) is 5.93. The molecular weight excluding hydrogens is 298 g/mol. The van der Waals surface area contributed by atoms with E-state index in [0.29, 0.717) is 30.5 Å². The molecular formula is C17H25NO5. The van der Waals surface area contributed by atoms with Crippen molar-refractivity contribution in [1.82, 2.24) is 4.90 Å². The zero-order valence-electron chi connectivity index (χ0n) is 13.9. The van der Waals surface area contributed by atoms with Crippen LogP contribution in [0.15, 0.2) is 24.3 Å². The first-order valence-electron chi connectivity index (χ1n) is 7.84. The van der Waals surface area contributed by atoms with Crippen LogP contribution in [0, 0.1) is 0 Å². The largest absolute Gasteiger partial charge is 0.491 e. The van der Waals surface area contributed by atoms with Crippen molar-refractivity contribution in [2.45, 2.75) is 32.1 Å². The number of aliphatic hydroxyl groups excluding tert-OH is 1. The quantitative estimate of drug-likeness (QED) is 0.797. The molecule has 0 unspecified atom stereocenters. The normalized spacial score (nSPS) is 23.3. The molecule has 1 fully saturated rings. The minimum Gasteiger partial charge on any atom is -0.491 e. The van der Waals surface area contributed by atoms with Crippen molar-refractivity contribution in [3.05, 3.63) is 29.8 Å². The molecule has 1 heterocycles. The number of esters is 1. The number of carbonyl (C=O) groups is 1. The Labute approximate surface area is 136 Å². The Kier molecular flexibility index (Phi) is 6.38. The van der Waals surface area contributed by atoms with Gasteiger partial charge in [0.15, 0.2) is 0 Å². The van der Waals surface area contributed by atoms with Gasteiger partial charge >= 0.3 is 5.97 Å². The van der Waals surface area contributed by atoms with E-state index in [4.69, 9.17) is 9.47 Å². The van der Waals surface area contributed by atoms with E-state index >= 15 is 0 Å². The van der Waals surface area contributed by atoms with E-state index < -0.39 is 6.10 Å². The van der Waals surface area contributed by atoms with E-state index in [0.717, 1.165) is 6.54 Å². The summed E-state index contributed by atoms with van der Waals surface area (Å²) in [6.07, 6.45) is -0.395. The average molecular weight is 323 g/mol. The minimum absolute atomic E-state index is 0.185. The molecule has 0 amide bonds. The maximum absolute atomic E-state index is 11.4. The molecule has 0 radical (unpaired) electrons. The van der Waals surface area contributed by atoms with Crippen molar-refractivity contribution >= 4 is 5.97 Å². The standard InChI is InChI=1S/C17H25NO5/c1-12-10-22-13(2)8-18(12)9-15(19)11-23-16-6-4-14(5-7-16)17(20)21-3/h4-7,12-13,15,19H,8-11H2,1-3H3/t12-,13-,15+/m0/s1. The van der Waals surface area contributed by atoms with Crippen LogP contribution in [0.25, 0.3) is 0 Å². The van der Waals surface area contributed by atoms with Gasteiger partial charge in [-0.05, 0) is 38.1 Å². The van der Waals surface area contributed by atoms with Gasteiger partial charge in [-0.25, -0.2) is 4.79 Å². The van der Waals surface area contributed by atoms with E-state index in [1.54, 1.807) is 24.3 Å². The molecule has 6 nitrogen and oxygen atoms in total. The van der Waals surface area contributed by atoms with Crippen LogP contribution in [-0.4, -0.2) is 67.6 Å². The number of hydrogen-bond donors (Lipinski definition) is 1. The Balaban J connectivity index is 1.79. The number of nitrogens with zero attached hydrogens (tertiary/aromatic N) is 1. The van der Waals surface area contributed by atoms with Crippen LogP contribution in [0.2, 0.25) is 0 Å². The van der Waals surface area contributed by atoms with Crippen LogP contribution in [0.5, 0.6) is 5.75 Å². The van der Waals surface area contributed by atoms with Crippen molar-refractivity contribution in [3.8, 4) is 5.75 Å². The fourth-order valence-corrected chi connectivity index (χ4v) is 2.55. The first-order valence-corrected chi connectivity index (χ1v) is 7.84. The summed E-state index contributed by atoms with van der Waals surface area (Å²) < 4.78 is 15.8. The highest BCUT2D eigenvalue weighted by Crippen LogP contribution is 2.15. The summed E-state index contributed by atoms with van der Waals surface area (Å²) in [7, 11) is 1.34. The highest BCUT2D eigenvalue weighted by atomic mass is 16.5. The molecule has 2 rings (SSSR count). The fourth-order valence-electron chi connectivity index (χ4n) is 2.55. The average Bonchev–Trinajstić information content (AvgIpc) is 2.56. The molecule has 1 aliphatic heterocycles. The van der Waals surface area contributed by atoms with Gasteiger partial charge in [-0.3, -0.25) is 4.90 Å². The molecule has 1 aromatic rings. The Morgan fingerprint density at radius 3 is 2.74 bits per heavy atom. The number of aliphatic hydroxyl groups is 1. The zero-order valence-corrected chi connectivity index (χ0v) is 13.9. The molecule has 0 aromatic heterocycles. The van der Waals surface area contributed by atoms with Crippen molar-refractivity contribution < 1.29 is 24.1 Å². The Morgan fingerprint density at radius 2 is 2.09 bits per heavy atom. The molecule has 1 aromatic carbocycles. The third kappa shape index (κ3) is 5.20. The SMILES string of the molecule is COC(=O)c1ccc(OC[C@H](O)CN2C[C@H](C)OC[C@@H]2C)cc1. The number of benzene rings is 1. The highest BCUT2D eigenvalue weighted by Gasteiger charge is 2.25. The molecule has 6 heteroatoms. The van der Waals surface area contributed by atoms with Gasteiger partial charge in [-0.15, -0.1) is 0 Å². The summed E-state index contributed by atoms with van der Waals surface area (Å²) >= 11 is 0. The molecule has 23 heavy (non-hydrogen) atoms. The van der Waals surface area contributed by atoms with Crippen LogP contribution in [0.3, 0.4) is 0 Å². The summed E-state index contributed by atoms with van der Waals surface area (Å²) in [6.45, 7) is 6.37. The summed E-state index contributed by atoms with van der Waals surface area (Å²) in [5, 5.41) is 10.2. The molecule has 1 N–H and O–H groups in total. The van der Waals surface area contributed by atoms with Gasteiger partial charge in [0.25, 0.3) is 0 Å². The molecule has 0 bridgehead atoms. The maximum atomic E-state index is 11.4. The number of carbonyl (C=O) groups excluding carboxylic acids is 1. The lowest BCUT2D eigenvalue weighted by atomic mass is 10.2. The molecule has 3 atom stereocenters. The second-order valence-corrected chi connectivity index (χ2v) is 5.93. The van der Waals surface area contributed by atoms with Crippen LogP contribution in [0.4, 0.5) is 0 Å². The Morgan fingerprint density at radius 1 is 1.39 bits per heavy atom. The Bertz CT molecular complexity index is 504. The summed E-state index contributed by atoms with van der Waals surface area (Å²) in [4.78, 5) is 13.6. The number of hydrogen-bond acceptors (Lipinski definition) is 6. The minimum atomic E-state index is -0.581. The van der Waals surface area contributed by atoms with Crippen LogP contribution < -0.4 is 4.74 Å². The van der Waals surface area contributed by atoms with E-state index in [1.165, 1.54) is 7.11 Å². The maximum Gasteiger partial charge on any atom is 0.337 e. The van der Waals surface area contributed by atoms with Gasteiger partial charge < -0.3 is 19.3 Å². The van der Waals surface area contributed by atoms with Crippen molar-refractivity contribution in [2.24, 2.45) is 0 Å². The van der Waals surface area contributed by atoms with Crippen molar-refractivity contribution in [1.29, 1.82) is 0 Å². The smallest absolute Gasteiger partial charge is 0.337 e. The van der Waals surface area contributed by atoms with Crippen molar-refractivity contribution in [2.75, 3.05) is 33.4 Å². The molecule has 1 aliphatic rings. The predicted molar refractivity (Wildman–Crippen MR) is 85.7 cm³/mol. The van der Waals surface area contributed by atoms with E-state index in [9.17, 15) is 9.90 Å². The third-order valence-corrected chi connectivity index (χ3v) is 3.90. The Hall–Kier alpha value is -1.63. The van der Waals surface area contributed by atoms with Gasteiger partial charge in [0.05, 0.1) is 25.4 Å². The number of ether oxygens (including phenoxy) is 3. The number of β-amino-alcohol motifs (C(OH)–C–C–N with tert-alkyl or cyclic N) is 1. The monoisotopic (exact) mass is 323 g/mol. The lowest BCUT2D eigenvalue weighted by molar-refractivity contribution is -0.0650. The van der Waals surface area contributed by atoms with Gasteiger partial charge in [-0.1, -0.05) is 0 Å². The first-order chi connectivity index (χ1) is 11.0. The number of methoxy groups -OCH3 is 1. The summed E-state index contributed by atoms with van der Waals surface area (Å²) in [6, 6.07) is 6.95. The molecule has 1 saturated heterocycles. The fraction of sp³-hybridized carbons (Fsp3) is 0.588. The first kappa shape index (κ1) is 17.7. The predicted octanol–water partition coefficient (Wildman–Crippen LogP) is 1.32. The van der Waals surface area contributed by atoms with Crippen molar-refractivity contribution in [3.63, 3.8) is 0 Å². The van der Waals surface area contributed by atoms with Gasteiger partial charge in [0.2, 0.25) is 0 Å². The molecule has 0 spiro atoms. The zero-order chi connectivity index (χ0) is 16.8. The highest BCUT2D eigenvalue weighted by molar-refractivity contribution is 5.89. The topological polar surface area (TPSA) is 68.2 Å². The van der Waals surface area contributed by atoms with Gasteiger partial charge in [0.1, 0.15) is 18.5 Å². The molecule has 0 saturated carbocycles. The van der Waals surface area contributed by atoms with E-state index in [1.807, 2.05) is 6.92 Å². The molecule has 0 aliphatic carbocycles. The lowest BCUT2D eigenvalue weighted by Gasteiger charge is -2.37. The van der Waals surface area contributed by atoms with Crippen LogP contribution in [-0.2, 0) is 9.47 Å². The number of rotatable bonds is 6. The second kappa shape index (κ2) is 8.29.